The minimum absolute atomic E-state index is 0.221. The molecule has 1 N–H and O–H groups in total. The van der Waals surface area contributed by atoms with Crippen LogP contribution in [0.5, 0.6) is 11.5 Å². The van der Waals surface area contributed by atoms with E-state index >= 15 is 0 Å². The van der Waals surface area contributed by atoms with E-state index in [1.54, 1.807) is 32.4 Å². The van der Waals surface area contributed by atoms with Crippen LogP contribution in [0.1, 0.15) is 16.7 Å². The quantitative estimate of drug-likeness (QED) is 0.881. The molecule has 3 rings (SSSR count). The largest absolute Gasteiger partial charge is 0.493 e. The van der Waals surface area contributed by atoms with Gasteiger partial charge in [0.05, 0.1) is 14.2 Å². The molecule has 122 valence electrons. The summed E-state index contributed by atoms with van der Waals surface area (Å²) in [7, 11) is 3.16. The van der Waals surface area contributed by atoms with Crippen molar-refractivity contribution in [2.24, 2.45) is 4.99 Å². The van der Waals surface area contributed by atoms with E-state index in [0.29, 0.717) is 23.0 Å². The second kappa shape index (κ2) is 6.58. The van der Waals surface area contributed by atoms with E-state index in [0.717, 1.165) is 16.7 Å². The van der Waals surface area contributed by atoms with E-state index in [1.807, 2.05) is 37.3 Å². The van der Waals surface area contributed by atoms with Gasteiger partial charge in [0.15, 0.2) is 11.5 Å². The normalized spacial score (nSPS) is 15.2. The summed E-state index contributed by atoms with van der Waals surface area (Å²) >= 11 is 0. The zero-order chi connectivity index (χ0) is 17.1. The molecule has 0 aromatic heterocycles. The highest BCUT2D eigenvalue weighted by Crippen LogP contribution is 2.28. The first-order chi connectivity index (χ1) is 11.6. The van der Waals surface area contributed by atoms with Crippen molar-refractivity contribution in [1.82, 2.24) is 5.32 Å². The molecular formula is C19H18N2O3. The van der Waals surface area contributed by atoms with Gasteiger partial charge in [-0.3, -0.25) is 4.79 Å². The Labute approximate surface area is 140 Å². The average Bonchev–Trinajstić information content (AvgIpc) is 2.95. The maximum absolute atomic E-state index is 12.2. The SMILES string of the molecule is COc1ccc(/C=C2/N=C(c3cccc(C)c3)NC2=O)cc1OC. The third kappa shape index (κ3) is 3.15. The van der Waals surface area contributed by atoms with E-state index in [4.69, 9.17) is 9.47 Å². The molecule has 0 fully saturated rings. The van der Waals surface area contributed by atoms with Crippen LogP contribution in [0.2, 0.25) is 0 Å². The molecule has 0 aliphatic carbocycles. The van der Waals surface area contributed by atoms with Crippen LogP contribution in [0.25, 0.3) is 6.08 Å². The number of hydrogen-bond acceptors (Lipinski definition) is 4. The Balaban J connectivity index is 1.94. The molecule has 0 saturated heterocycles. The molecule has 0 atom stereocenters. The maximum Gasteiger partial charge on any atom is 0.275 e. The van der Waals surface area contributed by atoms with Gasteiger partial charge in [-0.1, -0.05) is 29.8 Å². The fourth-order valence-electron chi connectivity index (χ4n) is 2.50. The predicted octanol–water partition coefficient (Wildman–Crippen LogP) is 2.93. The zero-order valence-corrected chi connectivity index (χ0v) is 13.8. The van der Waals surface area contributed by atoms with E-state index < -0.39 is 0 Å². The third-order valence-corrected chi connectivity index (χ3v) is 3.70. The fourth-order valence-corrected chi connectivity index (χ4v) is 2.50. The van der Waals surface area contributed by atoms with Crippen LogP contribution in [0.15, 0.2) is 53.2 Å². The van der Waals surface area contributed by atoms with Crippen LogP contribution in [0.4, 0.5) is 0 Å². The first-order valence-corrected chi connectivity index (χ1v) is 7.51. The fraction of sp³-hybridized carbons (Fsp3) is 0.158. The summed E-state index contributed by atoms with van der Waals surface area (Å²) in [5.41, 5.74) is 3.17. The zero-order valence-electron chi connectivity index (χ0n) is 13.8. The van der Waals surface area contributed by atoms with Crippen LogP contribution in [0.3, 0.4) is 0 Å². The molecule has 0 spiro atoms. The minimum Gasteiger partial charge on any atom is -0.493 e. The van der Waals surface area contributed by atoms with Crippen molar-refractivity contribution in [3.05, 3.63) is 64.9 Å². The molecule has 2 aromatic rings. The van der Waals surface area contributed by atoms with Crippen molar-refractivity contribution >= 4 is 17.8 Å². The molecule has 0 radical (unpaired) electrons. The standard InChI is InChI=1S/C19H18N2O3/c1-12-5-4-6-14(9-12)18-20-15(19(22)21-18)10-13-7-8-16(23-2)17(11-13)24-3/h4-11H,1-3H3,(H,20,21,22)/b15-10+. The number of carbonyl (C=O) groups excluding carboxylic acids is 1. The Bertz CT molecular complexity index is 853. The van der Waals surface area contributed by atoms with Crippen LogP contribution in [-0.4, -0.2) is 26.0 Å². The van der Waals surface area contributed by atoms with Gasteiger partial charge in [0.1, 0.15) is 11.5 Å². The van der Waals surface area contributed by atoms with Gasteiger partial charge >= 0.3 is 0 Å². The van der Waals surface area contributed by atoms with Gasteiger partial charge in [-0.05, 0) is 36.8 Å². The molecule has 2 aromatic carbocycles. The number of carbonyl (C=O) groups is 1. The molecule has 1 aliphatic heterocycles. The van der Waals surface area contributed by atoms with E-state index in [-0.39, 0.29) is 5.91 Å². The lowest BCUT2D eigenvalue weighted by molar-refractivity contribution is -0.115. The molecule has 24 heavy (non-hydrogen) atoms. The summed E-state index contributed by atoms with van der Waals surface area (Å²) in [6, 6.07) is 13.3. The summed E-state index contributed by atoms with van der Waals surface area (Å²) in [6.45, 7) is 2.00. The van der Waals surface area contributed by atoms with Crippen LogP contribution in [-0.2, 0) is 4.79 Å². The first-order valence-electron chi connectivity index (χ1n) is 7.51. The Morgan fingerprint density at radius 1 is 1.04 bits per heavy atom. The van der Waals surface area contributed by atoms with Crippen LogP contribution < -0.4 is 14.8 Å². The molecule has 0 bridgehead atoms. The monoisotopic (exact) mass is 322 g/mol. The summed E-state index contributed by atoms with van der Waals surface area (Å²) in [5, 5.41) is 2.81. The van der Waals surface area contributed by atoms with Gasteiger partial charge < -0.3 is 14.8 Å². The van der Waals surface area contributed by atoms with Crippen molar-refractivity contribution in [2.45, 2.75) is 6.92 Å². The van der Waals surface area contributed by atoms with Crippen molar-refractivity contribution in [3.8, 4) is 11.5 Å². The molecule has 0 saturated carbocycles. The van der Waals surface area contributed by atoms with Crippen molar-refractivity contribution in [2.75, 3.05) is 14.2 Å². The number of aliphatic imine (C=N–C) groups is 1. The third-order valence-electron chi connectivity index (χ3n) is 3.70. The molecule has 1 amide bonds. The molecule has 5 nitrogen and oxygen atoms in total. The highest BCUT2D eigenvalue weighted by molar-refractivity contribution is 6.19. The van der Waals surface area contributed by atoms with Crippen LogP contribution in [0, 0.1) is 6.92 Å². The molecular weight excluding hydrogens is 304 g/mol. The molecule has 1 heterocycles. The van der Waals surface area contributed by atoms with Crippen molar-refractivity contribution in [1.29, 1.82) is 0 Å². The summed E-state index contributed by atoms with van der Waals surface area (Å²) < 4.78 is 10.5. The number of ether oxygens (including phenoxy) is 2. The number of methoxy groups -OCH3 is 2. The topological polar surface area (TPSA) is 59.9 Å². The van der Waals surface area contributed by atoms with Gasteiger partial charge in [-0.2, -0.15) is 0 Å². The molecule has 1 aliphatic rings. The molecule has 5 heteroatoms. The second-order valence-electron chi connectivity index (χ2n) is 5.43. The number of nitrogens with zero attached hydrogens (tertiary/aromatic N) is 1. The van der Waals surface area contributed by atoms with Crippen LogP contribution >= 0.6 is 0 Å². The summed E-state index contributed by atoms with van der Waals surface area (Å²) in [6.07, 6.45) is 1.72. The number of amidine groups is 1. The number of amides is 1. The Hall–Kier alpha value is -3.08. The molecule has 0 unspecified atom stereocenters. The lowest BCUT2D eigenvalue weighted by Gasteiger charge is -2.07. The second-order valence-corrected chi connectivity index (χ2v) is 5.43. The highest BCUT2D eigenvalue weighted by Gasteiger charge is 2.21. The minimum atomic E-state index is -0.221. The van der Waals surface area contributed by atoms with Crippen molar-refractivity contribution in [3.63, 3.8) is 0 Å². The number of aryl methyl sites for hydroxylation is 1. The van der Waals surface area contributed by atoms with E-state index in [1.165, 1.54) is 0 Å². The maximum atomic E-state index is 12.2. The van der Waals surface area contributed by atoms with Gasteiger partial charge in [0.25, 0.3) is 5.91 Å². The summed E-state index contributed by atoms with van der Waals surface area (Å²) in [5.74, 6) is 1.59. The number of hydrogen-bond donors (Lipinski definition) is 1. The Kier molecular flexibility index (Phi) is 4.33. The smallest absolute Gasteiger partial charge is 0.275 e. The van der Waals surface area contributed by atoms with Gasteiger partial charge in [-0.25, -0.2) is 4.99 Å². The van der Waals surface area contributed by atoms with Crippen molar-refractivity contribution < 1.29 is 14.3 Å². The van der Waals surface area contributed by atoms with Gasteiger partial charge in [0.2, 0.25) is 0 Å². The Morgan fingerprint density at radius 2 is 1.83 bits per heavy atom. The highest BCUT2D eigenvalue weighted by atomic mass is 16.5. The number of rotatable bonds is 4. The van der Waals surface area contributed by atoms with Gasteiger partial charge in [0, 0.05) is 5.56 Å². The lowest BCUT2D eigenvalue weighted by atomic mass is 10.1. The number of benzene rings is 2. The summed E-state index contributed by atoms with van der Waals surface area (Å²) in [4.78, 5) is 16.6. The first kappa shape index (κ1) is 15.8. The van der Waals surface area contributed by atoms with E-state index in [9.17, 15) is 4.79 Å². The van der Waals surface area contributed by atoms with Gasteiger partial charge in [-0.15, -0.1) is 0 Å². The predicted molar refractivity (Wildman–Crippen MR) is 93.4 cm³/mol. The van der Waals surface area contributed by atoms with E-state index in [2.05, 4.69) is 10.3 Å². The lowest BCUT2D eigenvalue weighted by Crippen LogP contribution is -2.24. The Morgan fingerprint density at radius 3 is 2.54 bits per heavy atom. The average molecular weight is 322 g/mol. The number of nitrogens with one attached hydrogen (secondary N) is 1.